The van der Waals surface area contributed by atoms with Gasteiger partial charge in [-0.05, 0) is 25.1 Å². The number of amides is 2. The van der Waals surface area contributed by atoms with E-state index in [9.17, 15) is 9.59 Å². The third kappa shape index (κ3) is 4.80. The lowest BCUT2D eigenvalue weighted by Crippen LogP contribution is -2.37. The number of rotatable bonds is 4. The summed E-state index contributed by atoms with van der Waals surface area (Å²) in [6, 6.07) is 9.39. The van der Waals surface area contributed by atoms with Gasteiger partial charge in [0.25, 0.3) is 0 Å². The molecule has 1 atom stereocenters. The maximum Gasteiger partial charge on any atom is 0.243 e. The number of aromatic nitrogens is 1. The highest BCUT2D eigenvalue weighted by Gasteiger charge is 2.22. The van der Waals surface area contributed by atoms with E-state index in [-0.39, 0.29) is 49.1 Å². The van der Waals surface area contributed by atoms with Crippen LogP contribution in [0.3, 0.4) is 0 Å². The van der Waals surface area contributed by atoms with E-state index in [1.165, 1.54) is 0 Å². The Bertz CT molecular complexity index is 700. The maximum absolute atomic E-state index is 12.0. The van der Waals surface area contributed by atoms with E-state index in [2.05, 4.69) is 20.9 Å². The standard InChI is InChI=1S/C16H18N4O2.2ClH/c21-14(10-19-16(22)12-6-8-17-9-12)20-13-5-1-3-11-4-2-7-18-15(11)13;;/h1-5,7,12,17H,6,8-10H2,(H,19,22)(H,20,21);2*1H. The number of nitrogens with zero attached hydrogens (tertiary/aromatic N) is 1. The highest BCUT2D eigenvalue weighted by molar-refractivity contribution is 6.01. The average molecular weight is 371 g/mol. The molecule has 1 saturated heterocycles. The first-order valence-corrected chi connectivity index (χ1v) is 7.36. The van der Waals surface area contributed by atoms with Gasteiger partial charge in [-0.3, -0.25) is 14.6 Å². The molecule has 0 spiro atoms. The van der Waals surface area contributed by atoms with E-state index in [1.54, 1.807) is 12.3 Å². The van der Waals surface area contributed by atoms with E-state index in [0.717, 1.165) is 23.9 Å². The molecule has 2 amide bonds. The molecule has 0 aliphatic carbocycles. The number of hydrogen-bond donors (Lipinski definition) is 3. The first kappa shape index (κ1) is 20.2. The van der Waals surface area contributed by atoms with Crippen LogP contribution in [0.25, 0.3) is 10.9 Å². The predicted octanol–water partition coefficient (Wildman–Crippen LogP) is 1.74. The van der Waals surface area contributed by atoms with Gasteiger partial charge in [-0.25, -0.2) is 0 Å². The number of para-hydroxylation sites is 1. The predicted molar refractivity (Wildman–Crippen MR) is 98.9 cm³/mol. The van der Waals surface area contributed by atoms with Crippen LogP contribution in [-0.4, -0.2) is 36.4 Å². The van der Waals surface area contributed by atoms with Gasteiger partial charge < -0.3 is 16.0 Å². The summed E-state index contributed by atoms with van der Waals surface area (Å²) in [5.41, 5.74) is 1.39. The number of benzene rings is 1. The van der Waals surface area contributed by atoms with Gasteiger partial charge in [0.2, 0.25) is 11.8 Å². The molecule has 0 bridgehead atoms. The molecule has 2 aromatic rings. The van der Waals surface area contributed by atoms with Crippen molar-refractivity contribution in [2.45, 2.75) is 6.42 Å². The maximum atomic E-state index is 12.0. The van der Waals surface area contributed by atoms with Gasteiger partial charge in [0.05, 0.1) is 23.7 Å². The van der Waals surface area contributed by atoms with Gasteiger partial charge in [-0.15, -0.1) is 24.8 Å². The van der Waals surface area contributed by atoms with Gasteiger partial charge in [-0.2, -0.15) is 0 Å². The van der Waals surface area contributed by atoms with Crippen LogP contribution in [0.1, 0.15) is 6.42 Å². The number of carbonyl (C=O) groups is 2. The van der Waals surface area contributed by atoms with Gasteiger partial charge in [0.1, 0.15) is 0 Å². The van der Waals surface area contributed by atoms with Crippen LogP contribution < -0.4 is 16.0 Å². The zero-order valence-electron chi connectivity index (χ0n) is 13.0. The Morgan fingerprint density at radius 3 is 2.75 bits per heavy atom. The number of anilines is 1. The SMILES string of the molecule is Cl.Cl.O=C(CNC(=O)C1CCNC1)Nc1cccc2cccnc12. The minimum atomic E-state index is -0.252. The second-order valence-corrected chi connectivity index (χ2v) is 5.34. The lowest BCUT2D eigenvalue weighted by molar-refractivity contribution is -0.126. The molecule has 24 heavy (non-hydrogen) atoms. The lowest BCUT2D eigenvalue weighted by Gasteiger charge is -2.11. The summed E-state index contributed by atoms with van der Waals surface area (Å²) in [4.78, 5) is 28.2. The fourth-order valence-electron chi connectivity index (χ4n) is 2.59. The summed E-state index contributed by atoms with van der Waals surface area (Å²) in [5.74, 6) is -0.360. The summed E-state index contributed by atoms with van der Waals surface area (Å²) in [6.45, 7) is 1.51. The molecule has 2 heterocycles. The number of fused-ring (bicyclic) bond motifs is 1. The van der Waals surface area contributed by atoms with Gasteiger partial charge >= 0.3 is 0 Å². The van der Waals surface area contributed by atoms with Crippen molar-refractivity contribution in [2.75, 3.05) is 25.0 Å². The van der Waals surface area contributed by atoms with Gasteiger partial charge in [0, 0.05) is 18.1 Å². The fourth-order valence-corrected chi connectivity index (χ4v) is 2.59. The molecule has 3 rings (SSSR count). The smallest absolute Gasteiger partial charge is 0.243 e. The molecular weight excluding hydrogens is 351 g/mol. The molecule has 1 aliphatic rings. The van der Waals surface area contributed by atoms with Crippen molar-refractivity contribution < 1.29 is 9.59 Å². The normalized spacial score (nSPS) is 15.9. The van der Waals surface area contributed by atoms with Gasteiger partial charge in [-0.1, -0.05) is 18.2 Å². The molecular formula is C16H20Cl2N4O2. The van der Waals surface area contributed by atoms with Crippen LogP contribution in [0.15, 0.2) is 36.5 Å². The minimum Gasteiger partial charge on any atom is -0.347 e. The van der Waals surface area contributed by atoms with E-state index in [0.29, 0.717) is 12.2 Å². The molecule has 6 nitrogen and oxygen atoms in total. The van der Waals surface area contributed by atoms with E-state index in [1.807, 2.05) is 24.3 Å². The van der Waals surface area contributed by atoms with E-state index < -0.39 is 0 Å². The van der Waals surface area contributed by atoms with Crippen molar-refractivity contribution in [2.24, 2.45) is 5.92 Å². The average Bonchev–Trinajstić information content (AvgIpc) is 3.07. The number of pyridine rings is 1. The van der Waals surface area contributed by atoms with E-state index >= 15 is 0 Å². The molecule has 0 saturated carbocycles. The Morgan fingerprint density at radius 1 is 1.21 bits per heavy atom. The molecule has 3 N–H and O–H groups in total. The number of carbonyl (C=O) groups excluding carboxylic acids is 2. The van der Waals surface area contributed by atoms with Crippen molar-refractivity contribution in [3.63, 3.8) is 0 Å². The van der Waals surface area contributed by atoms with Crippen molar-refractivity contribution in [3.05, 3.63) is 36.5 Å². The summed E-state index contributed by atoms with van der Waals surface area (Å²) >= 11 is 0. The molecule has 1 aromatic heterocycles. The van der Waals surface area contributed by atoms with Crippen LogP contribution in [0, 0.1) is 5.92 Å². The highest BCUT2D eigenvalue weighted by atomic mass is 35.5. The molecule has 0 radical (unpaired) electrons. The highest BCUT2D eigenvalue weighted by Crippen LogP contribution is 2.20. The van der Waals surface area contributed by atoms with E-state index in [4.69, 9.17) is 0 Å². The monoisotopic (exact) mass is 370 g/mol. The fraction of sp³-hybridized carbons (Fsp3) is 0.312. The third-order valence-corrected chi connectivity index (χ3v) is 3.76. The Morgan fingerprint density at radius 2 is 2.00 bits per heavy atom. The number of hydrogen-bond acceptors (Lipinski definition) is 4. The van der Waals surface area contributed by atoms with Crippen LogP contribution in [0.2, 0.25) is 0 Å². The van der Waals surface area contributed by atoms with Crippen molar-refractivity contribution in [3.8, 4) is 0 Å². The van der Waals surface area contributed by atoms with Crippen molar-refractivity contribution in [1.82, 2.24) is 15.6 Å². The molecule has 1 aliphatic heterocycles. The van der Waals surface area contributed by atoms with Crippen molar-refractivity contribution in [1.29, 1.82) is 0 Å². The molecule has 130 valence electrons. The van der Waals surface area contributed by atoms with Crippen LogP contribution in [0.4, 0.5) is 5.69 Å². The first-order valence-electron chi connectivity index (χ1n) is 7.36. The van der Waals surface area contributed by atoms with Crippen LogP contribution >= 0.6 is 24.8 Å². The second kappa shape index (κ2) is 9.42. The largest absolute Gasteiger partial charge is 0.347 e. The topological polar surface area (TPSA) is 83.1 Å². The summed E-state index contributed by atoms with van der Waals surface area (Å²) in [7, 11) is 0. The lowest BCUT2D eigenvalue weighted by atomic mass is 10.1. The third-order valence-electron chi connectivity index (χ3n) is 3.76. The Hall–Kier alpha value is -1.89. The second-order valence-electron chi connectivity index (χ2n) is 5.34. The Kier molecular flexibility index (Phi) is 7.91. The zero-order chi connectivity index (χ0) is 15.4. The van der Waals surface area contributed by atoms with Crippen molar-refractivity contribution >= 4 is 53.2 Å². The summed E-state index contributed by atoms with van der Waals surface area (Å²) in [5, 5.41) is 9.57. The van der Waals surface area contributed by atoms with Gasteiger partial charge in [0.15, 0.2) is 0 Å². The Balaban J connectivity index is 0.00000144. The first-order chi connectivity index (χ1) is 10.7. The minimum absolute atomic E-state index is 0. The summed E-state index contributed by atoms with van der Waals surface area (Å²) in [6.07, 6.45) is 2.51. The summed E-state index contributed by atoms with van der Waals surface area (Å²) < 4.78 is 0. The molecule has 1 fully saturated rings. The van der Waals surface area contributed by atoms with Crippen LogP contribution in [0.5, 0.6) is 0 Å². The molecule has 1 aromatic carbocycles. The molecule has 8 heteroatoms. The van der Waals surface area contributed by atoms with Crippen LogP contribution in [-0.2, 0) is 9.59 Å². The Labute approximate surface area is 152 Å². The number of halogens is 2. The zero-order valence-corrected chi connectivity index (χ0v) is 14.6. The molecule has 1 unspecified atom stereocenters. The number of nitrogens with one attached hydrogen (secondary N) is 3. The quantitative estimate of drug-likeness (QED) is 0.765.